The molecule has 4 nitrogen and oxygen atoms in total. The summed E-state index contributed by atoms with van der Waals surface area (Å²) in [4.78, 5) is 0. The van der Waals surface area contributed by atoms with Gasteiger partial charge in [-0.3, -0.25) is 0 Å². The average molecular weight is 254 g/mol. The average Bonchev–Trinajstić information content (AvgIpc) is 2.47. The Morgan fingerprint density at radius 3 is 2.53 bits per heavy atom. The standard InChI is InChI=1S/C15H14N2O2/c16-9-11-4-6-13(7-5-11)19-14-3-1-2-12(8-14)15(18)10-17/h1-8,15,18H,10,17H2. The molecule has 0 radical (unpaired) electrons. The highest BCUT2D eigenvalue weighted by Crippen LogP contribution is 2.24. The highest BCUT2D eigenvalue weighted by atomic mass is 16.5. The van der Waals surface area contributed by atoms with Crippen molar-refractivity contribution in [3.63, 3.8) is 0 Å². The molecule has 96 valence electrons. The van der Waals surface area contributed by atoms with Crippen LogP contribution in [-0.2, 0) is 0 Å². The molecule has 0 saturated carbocycles. The summed E-state index contributed by atoms with van der Waals surface area (Å²) >= 11 is 0. The van der Waals surface area contributed by atoms with Crippen LogP contribution in [0.1, 0.15) is 17.2 Å². The third-order valence-corrected chi connectivity index (χ3v) is 2.69. The molecule has 0 aliphatic rings. The SMILES string of the molecule is N#Cc1ccc(Oc2cccc(C(O)CN)c2)cc1. The van der Waals surface area contributed by atoms with Gasteiger partial charge in [0.1, 0.15) is 11.5 Å². The largest absolute Gasteiger partial charge is 0.457 e. The topological polar surface area (TPSA) is 79.3 Å². The van der Waals surface area contributed by atoms with E-state index in [9.17, 15) is 5.11 Å². The first kappa shape index (κ1) is 13.1. The van der Waals surface area contributed by atoms with E-state index in [1.165, 1.54) is 0 Å². The second-order valence-corrected chi connectivity index (χ2v) is 4.06. The molecule has 0 heterocycles. The van der Waals surface area contributed by atoms with Gasteiger partial charge in [0, 0.05) is 6.54 Å². The lowest BCUT2D eigenvalue weighted by molar-refractivity contribution is 0.186. The molecule has 0 spiro atoms. The summed E-state index contributed by atoms with van der Waals surface area (Å²) in [6.45, 7) is 0.167. The van der Waals surface area contributed by atoms with Gasteiger partial charge in [-0.2, -0.15) is 5.26 Å². The van der Waals surface area contributed by atoms with Gasteiger partial charge in [-0.1, -0.05) is 12.1 Å². The van der Waals surface area contributed by atoms with E-state index in [-0.39, 0.29) is 6.54 Å². The first-order valence-corrected chi connectivity index (χ1v) is 5.89. The quantitative estimate of drug-likeness (QED) is 0.877. The Morgan fingerprint density at radius 2 is 1.89 bits per heavy atom. The van der Waals surface area contributed by atoms with Gasteiger partial charge in [0.05, 0.1) is 17.7 Å². The number of nitrogens with zero attached hydrogens (tertiary/aromatic N) is 1. The van der Waals surface area contributed by atoms with E-state index >= 15 is 0 Å². The number of aliphatic hydroxyl groups is 1. The minimum absolute atomic E-state index is 0.167. The van der Waals surface area contributed by atoms with Crippen molar-refractivity contribution in [2.45, 2.75) is 6.10 Å². The number of benzene rings is 2. The minimum atomic E-state index is -0.690. The molecular formula is C15H14N2O2. The van der Waals surface area contributed by atoms with Gasteiger partial charge in [0.15, 0.2) is 0 Å². The van der Waals surface area contributed by atoms with Crippen LogP contribution in [0.5, 0.6) is 11.5 Å². The number of nitriles is 1. The second-order valence-electron chi connectivity index (χ2n) is 4.06. The monoisotopic (exact) mass is 254 g/mol. The van der Waals surface area contributed by atoms with E-state index < -0.39 is 6.10 Å². The predicted octanol–water partition coefficient (Wildman–Crippen LogP) is 2.34. The summed E-state index contributed by atoms with van der Waals surface area (Å²) < 4.78 is 5.65. The number of ether oxygens (including phenoxy) is 1. The van der Waals surface area contributed by atoms with E-state index in [1.54, 1.807) is 48.5 Å². The van der Waals surface area contributed by atoms with Gasteiger partial charge in [-0.15, -0.1) is 0 Å². The van der Waals surface area contributed by atoms with Crippen molar-refractivity contribution in [2.24, 2.45) is 5.73 Å². The molecule has 0 amide bonds. The van der Waals surface area contributed by atoms with Crippen LogP contribution in [0.15, 0.2) is 48.5 Å². The Balaban J connectivity index is 2.16. The van der Waals surface area contributed by atoms with Gasteiger partial charge < -0.3 is 15.6 Å². The van der Waals surface area contributed by atoms with Crippen molar-refractivity contribution < 1.29 is 9.84 Å². The number of nitrogens with two attached hydrogens (primary N) is 1. The zero-order valence-electron chi connectivity index (χ0n) is 10.3. The van der Waals surface area contributed by atoms with Crippen molar-refractivity contribution in [3.05, 3.63) is 59.7 Å². The third-order valence-electron chi connectivity index (χ3n) is 2.69. The van der Waals surface area contributed by atoms with E-state index in [0.29, 0.717) is 22.6 Å². The van der Waals surface area contributed by atoms with Crippen molar-refractivity contribution in [2.75, 3.05) is 6.54 Å². The van der Waals surface area contributed by atoms with Gasteiger partial charge in [-0.25, -0.2) is 0 Å². The molecule has 2 aromatic carbocycles. The fraction of sp³-hybridized carbons (Fsp3) is 0.133. The van der Waals surface area contributed by atoms with Crippen LogP contribution >= 0.6 is 0 Å². The van der Waals surface area contributed by atoms with Crippen molar-refractivity contribution in [3.8, 4) is 17.6 Å². The molecule has 0 saturated heterocycles. The Bertz CT molecular complexity index is 588. The first-order valence-electron chi connectivity index (χ1n) is 5.89. The summed E-state index contributed by atoms with van der Waals surface area (Å²) in [7, 11) is 0. The zero-order chi connectivity index (χ0) is 13.7. The Kier molecular flexibility index (Phi) is 4.14. The number of rotatable bonds is 4. The Hall–Kier alpha value is -2.35. The summed E-state index contributed by atoms with van der Waals surface area (Å²) in [5.41, 5.74) is 6.72. The van der Waals surface area contributed by atoms with E-state index in [2.05, 4.69) is 0 Å². The minimum Gasteiger partial charge on any atom is -0.457 e. The summed E-state index contributed by atoms with van der Waals surface area (Å²) in [6.07, 6.45) is -0.690. The highest BCUT2D eigenvalue weighted by molar-refractivity contribution is 5.38. The zero-order valence-corrected chi connectivity index (χ0v) is 10.3. The summed E-state index contributed by atoms with van der Waals surface area (Å²) in [5.74, 6) is 1.26. The molecule has 0 bridgehead atoms. The van der Waals surface area contributed by atoms with Gasteiger partial charge in [0.25, 0.3) is 0 Å². The highest BCUT2D eigenvalue weighted by Gasteiger charge is 2.06. The molecule has 1 unspecified atom stereocenters. The Labute approximate surface area is 111 Å². The fourth-order valence-corrected chi connectivity index (χ4v) is 1.65. The maximum atomic E-state index is 9.67. The third kappa shape index (κ3) is 3.32. The lowest BCUT2D eigenvalue weighted by atomic mass is 10.1. The van der Waals surface area contributed by atoms with Crippen molar-refractivity contribution >= 4 is 0 Å². The van der Waals surface area contributed by atoms with Gasteiger partial charge in [0.2, 0.25) is 0 Å². The number of hydrogen-bond donors (Lipinski definition) is 2. The van der Waals surface area contributed by atoms with Gasteiger partial charge >= 0.3 is 0 Å². The number of aliphatic hydroxyl groups excluding tert-OH is 1. The van der Waals surface area contributed by atoms with Crippen molar-refractivity contribution in [1.82, 2.24) is 0 Å². The van der Waals surface area contributed by atoms with Crippen LogP contribution in [-0.4, -0.2) is 11.7 Å². The maximum absolute atomic E-state index is 9.67. The lowest BCUT2D eigenvalue weighted by Gasteiger charge is -2.11. The molecule has 0 fully saturated rings. The maximum Gasteiger partial charge on any atom is 0.127 e. The molecule has 3 N–H and O–H groups in total. The molecule has 0 aliphatic heterocycles. The van der Waals surface area contributed by atoms with Crippen LogP contribution in [0.25, 0.3) is 0 Å². The summed E-state index contributed by atoms with van der Waals surface area (Å²) in [5, 5.41) is 18.4. The van der Waals surface area contributed by atoms with Crippen molar-refractivity contribution in [1.29, 1.82) is 5.26 Å². The molecule has 0 aliphatic carbocycles. The predicted molar refractivity (Wildman–Crippen MR) is 71.7 cm³/mol. The van der Waals surface area contributed by atoms with Crippen LogP contribution in [0.2, 0.25) is 0 Å². The Morgan fingerprint density at radius 1 is 1.16 bits per heavy atom. The molecule has 0 aromatic heterocycles. The number of hydrogen-bond acceptors (Lipinski definition) is 4. The van der Waals surface area contributed by atoms with Gasteiger partial charge in [-0.05, 0) is 42.0 Å². The molecule has 2 aromatic rings. The van der Waals surface area contributed by atoms with Crippen LogP contribution in [0, 0.1) is 11.3 Å². The molecule has 1 atom stereocenters. The first-order chi connectivity index (χ1) is 9.22. The summed E-state index contributed by atoms with van der Waals surface area (Å²) in [6, 6.07) is 16.0. The van der Waals surface area contributed by atoms with Crippen LogP contribution in [0.4, 0.5) is 0 Å². The van der Waals surface area contributed by atoms with E-state index in [4.69, 9.17) is 15.7 Å². The molecule has 4 heteroatoms. The van der Waals surface area contributed by atoms with Crippen LogP contribution in [0.3, 0.4) is 0 Å². The molecular weight excluding hydrogens is 240 g/mol. The fourth-order valence-electron chi connectivity index (χ4n) is 1.65. The normalized spacial score (nSPS) is 11.6. The lowest BCUT2D eigenvalue weighted by Crippen LogP contribution is -2.11. The smallest absolute Gasteiger partial charge is 0.127 e. The van der Waals surface area contributed by atoms with E-state index in [0.717, 1.165) is 0 Å². The van der Waals surface area contributed by atoms with Crippen LogP contribution < -0.4 is 10.5 Å². The molecule has 19 heavy (non-hydrogen) atoms. The van der Waals surface area contributed by atoms with E-state index in [1.807, 2.05) is 6.07 Å². The molecule has 2 rings (SSSR count). The second kappa shape index (κ2) is 6.01.